The number of alkyl carbamates (subject to hydrolysis) is 1. The Kier molecular flexibility index (Phi) is 9.08. The van der Waals surface area contributed by atoms with Gasteiger partial charge in [-0.1, -0.05) is 60.7 Å². The minimum atomic E-state index is -1.27. The summed E-state index contributed by atoms with van der Waals surface area (Å²) in [7, 11) is 0. The van der Waals surface area contributed by atoms with E-state index in [4.69, 9.17) is 9.47 Å². The molecule has 2 aromatic carbocycles. The smallest absolute Gasteiger partial charge is 0.407 e. The molecule has 46 heavy (non-hydrogen) atoms. The van der Waals surface area contributed by atoms with Crippen LogP contribution in [0.5, 0.6) is 0 Å². The van der Waals surface area contributed by atoms with Gasteiger partial charge in [-0.3, -0.25) is 14.4 Å². The molecule has 242 valence electrons. The van der Waals surface area contributed by atoms with E-state index >= 15 is 0 Å². The number of nitrogens with zero attached hydrogens (tertiary/aromatic N) is 6. The molecule has 4 aromatic rings. The summed E-state index contributed by atoms with van der Waals surface area (Å²) in [6, 6.07) is 20.8. The van der Waals surface area contributed by atoms with Gasteiger partial charge in [-0.15, -0.1) is 0 Å². The molecule has 3 saturated heterocycles. The fourth-order valence-electron chi connectivity index (χ4n) is 6.67. The molecule has 4 N–H and O–H groups in total. The van der Waals surface area contributed by atoms with E-state index in [1.807, 2.05) is 24.3 Å². The summed E-state index contributed by atoms with van der Waals surface area (Å²) in [5.41, 5.74) is 3.53. The molecule has 6 atom stereocenters. The summed E-state index contributed by atoms with van der Waals surface area (Å²) in [5, 5.41) is 28.1. The number of nitrogens with one attached hydrogen (secondary N) is 2. The molecule has 0 aliphatic carbocycles. The van der Waals surface area contributed by atoms with Gasteiger partial charge in [-0.2, -0.15) is 0 Å². The van der Waals surface area contributed by atoms with E-state index in [0.717, 1.165) is 52.1 Å². The van der Waals surface area contributed by atoms with Crippen LogP contribution in [-0.4, -0.2) is 109 Å². The minimum absolute atomic E-state index is 0.0278. The van der Waals surface area contributed by atoms with Crippen LogP contribution >= 0.6 is 0 Å². The first-order valence-corrected chi connectivity index (χ1v) is 15.9. The highest BCUT2D eigenvalue weighted by Crippen LogP contribution is 2.33. The lowest BCUT2D eigenvalue weighted by molar-refractivity contribution is -0.0534. The van der Waals surface area contributed by atoms with Crippen LogP contribution in [0, 0.1) is 0 Å². The number of hydrogen-bond acceptors (Lipinski definition) is 11. The van der Waals surface area contributed by atoms with Crippen LogP contribution < -0.4 is 10.6 Å². The number of carbonyl (C=O) groups is 1. The van der Waals surface area contributed by atoms with E-state index in [2.05, 4.69) is 71.8 Å². The van der Waals surface area contributed by atoms with E-state index in [0.29, 0.717) is 17.0 Å². The number of imidazole rings is 1. The SMILES string of the molecule is O=C(N[C@@H]1CCN(Cc2ccccc2)C1)OC[C@H]1O[C@@H](n2cnc3c(N[C@@H]4CCN(Cc5ccccc5)C4)ncnc32)[C@H](O)[C@@H]1O. The summed E-state index contributed by atoms with van der Waals surface area (Å²) < 4.78 is 13.0. The largest absolute Gasteiger partial charge is 0.447 e. The minimum Gasteiger partial charge on any atom is -0.447 e. The van der Waals surface area contributed by atoms with Gasteiger partial charge in [-0.25, -0.2) is 19.7 Å². The van der Waals surface area contributed by atoms with Crippen molar-refractivity contribution in [1.82, 2.24) is 34.6 Å². The lowest BCUT2D eigenvalue weighted by Crippen LogP contribution is -2.40. The van der Waals surface area contributed by atoms with Crippen LogP contribution in [0.4, 0.5) is 10.6 Å². The molecule has 0 unspecified atom stereocenters. The Hall–Kier alpha value is -4.14. The molecule has 3 aliphatic heterocycles. The van der Waals surface area contributed by atoms with E-state index in [9.17, 15) is 15.0 Å². The van der Waals surface area contributed by atoms with E-state index in [1.54, 1.807) is 4.57 Å². The van der Waals surface area contributed by atoms with Gasteiger partial charge < -0.3 is 30.3 Å². The van der Waals surface area contributed by atoms with Crippen molar-refractivity contribution >= 4 is 23.1 Å². The van der Waals surface area contributed by atoms with Crippen molar-refractivity contribution in [1.29, 1.82) is 0 Å². The first kappa shape index (κ1) is 30.5. The molecule has 5 heterocycles. The molecule has 0 spiro atoms. The number of carbonyl (C=O) groups excluding carboxylic acids is 1. The average Bonchev–Trinajstić information content (AvgIpc) is 3.86. The molecule has 13 nitrogen and oxygen atoms in total. The number of ether oxygens (including phenoxy) is 2. The average molecular weight is 629 g/mol. The molecule has 7 rings (SSSR count). The third-order valence-corrected chi connectivity index (χ3v) is 9.05. The van der Waals surface area contributed by atoms with Crippen LogP contribution in [0.25, 0.3) is 11.2 Å². The maximum absolute atomic E-state index is 12.6. The lowest BCUT2D eigenvalue weighted by Gasteiger charge is -2.18. The van der Waals surface area contributed by atoms with Crippen molar-refractivity contribution in [3.05, 3.63) is 84.4 Å². The fourth-order valence-corrected chi connectivity index (χ4v) is 6.67. The number of aliphatic hydroxyl groups excluding tert-OH is 2. The maximum atomic E-state index is 12.6. The normalized spacial score (nSPS) is 26.9. The summed E-state index contributed by atoms with van der Waals surface area (Å²) in [6.45, 7) is 4.97. The molecule has 1 amide bonds. The van der Waals surface area contributed by atoms with Gasteiger partial charge in [-0.05, 0) is 24.0 Å². The predicted molar refractivity (Wildman–Crippen MR) is 170 cm³/mol. The standard InChI is InChI=1S/C33H40N8O5/c42-28-26(19-45-33(44)38-25-12-14-40(18-25)16-23-9-5-2-6-10-23)46-32(29(28)43)41-21-36-27-30(34-20-35-31(27)41)37-24-11-13-39(17-24)15-22-7-3-1-4-8-22/h1-10,20-21,24-26,28-29,32,42-43H,11-19H2,(H,38,44)(H,34,35,37)/t24-,25-,26-,28-,29-,32-/m1/s1. The van der Waals surface area contributed by atoms with Gasteiger partial charge in [0.1, 0.15) is 31.2 Å². The zero-order valence-corrected chi connectivity index (χ0v) is 25.6. The molecule has 0 saturated carbocycles. The van der Waals surface area contributed by atoms with Crippen LogP contribution in [0.15, 0.2) is 73.3 Å². The van der Waals surface area contributed by atoms with Gasteiger partial charge in [0.2, 0.25) is 0 Å². The Morgan fingerprint density at radius 1 is 0.870 bits per heavy atom. The monoisotopic (exact) mass is 628 g/mol. The second kappa shape index (κ2) is 13.7. The van der Waals surface area contributed by atoms with Gasteiger partial charge >= 0.3 is 6.09 Å². The van der Waals surface area contributed by atoms with Crippen LogP contribution in [0.1, 0.15) is 30.2 Å². The number of rotatable bonds is 10. The molecular formula is C33H40N8O5. The van der Waals surface area contributed by atoms with Crippen molar-refractivity contribution in [2.75, 3.05) is 38.1 Å². The van der Waals surface area contributed by atoms with E-state index in [1.165, 1.54) is 23.8 Å². The number of fused-ring (bicyclic) bond motifs is 1. The Balaban J connectivity index is 0.919. The number of likely N-dealkylation sites (tertiary alicyclic amines) is 2. The lowest BCUT2D eigenvalue weighted by atomic mass is 10.1. The van der Waals surface area contributed by atoms with Crippen LogP contribution in [0.2, 0.25) is 0 Å². The van der Waals surface area contributed by atoms with Crippen molar-refractivity contribution in [2.24, 2.45) is 0 Å². The molecule has 0 bridgehead atoms. The second-order valence-electron chi connectivity index (χ2n) is 12.4. The number of hydrogen-bond donors (Lipinski definition) is 4. The van der Waals surface area contributed by atoms with E-state index in [-0.39, 0.29) is 18.7 Å². The predicted octanol–water partition coefficient (Wildman–Crippen LogP) is 2.13. The fraction of sp³-hybridized carbons (Fsp3) is 0.455. The number of aliphatic hydroxyl groups is 2. The highest BCUT2D eigenvalue weighted by molar-refractivity contribution is 5.82. The first-order valence-electron chi connectivity index (χ1n) is 15.9. The zero-order chi connectivity index (χ0) is 31.5. The van der Waals surface area contributed by atoms with Gasteiger partial charge in [0.15, 0.2) is 23.2 Å². The summed E-state index contributed by atoms with van der Waals surface area (Å²) in [5.74, 6) is 0.606. The molecule has 2 aromatic heterocycles. The second-order valence-corrected chi connectivity index (χ2v) is 12.4. The van der Waals surface area contributed by atoms with Gasteiger partial charge in [0.25, 0.3) is 0 Å². The quantitative estimate of drug-likeness (QED) is 0.205. The molecule has 13 heteroatoms. The first-order chi connectivity index (χ1) is 22.5. The van der Waals surface area contributed by atoms with Crippen molar-refractivity contribution in [3.63, 3.8) is 0 Å². The van der Waals surface area contributed by atoms with Crippen molar-refractivity contribution < 1.29 is 24.5 Å². The number of anilines is 1. The van der Waals surface area contributed by atoms with Crippen molar-refractivity contribution in [3.8, 4) is 0 Å². The highest BCUT2D eigenvalue weighted by Gasteiger charge is 2.45. The zero-order valence-electron chi connectivity index (χ0n) is 25.6. The van der Waals surface area contributed by atoms with Gasteiger partial charge in [0.05, 0.1) is 6.33 Å². The summed E-state index contributed by atoms with van der Waals surface area (Å²) >= 11 is 0. The molecule has 3 fully saturated rings. The molecule has 0 radical (unpaired) electrons. The topological polar surface area (TPSA) is 150 Å². The van der Waals surface area contributed by atoms with Crippen LogP contribution in [-0.2, 0) is 22.6 Å². The summed E-state index contributed by atoms with van der Waals surface area (Å²) in [6.07, 6.45) is -0.234. The molecule has 3 aliphatic rings. The third-order valence-electron chi connectivity index (χ3n) is 9.05. The third kappa shape index (κ3) is 6.83. The summed E-state index contributed by atoms with van der Waals surface area (Å²) in [4.78, 5) is 30.7. The molecular weight excluding hydrogens is 588 g/mol. The van der Waals surface area contributed by atoms with Crippen molar-refractivity contribution in [2.45, 2.75) is 62.6 Å². The van der Waals surface area contributed by atoms with E-state index < -0.39 is 30.6 Å². The number of amides is 1. The Morgan fingerprint density at radius 3 is 2.22 bits per heavy atom. The Labute approximate surface area is 267 Å². The number of benzene rings is 2. The van der Waals surface area contributed by atoms with Gasteiger partial charge in [0, 0.05) is 51.4 Å². The maximum Gasteiger partial charge on any atom is 0.407 e. The Bertz CT molecular complexity index is 1610. The number of aromatic nitrogens is 4. The van der Waals surface area contributed by atoms with Crippen LogP contribution in [0.3, 0.4) is 0 Å². The Morgan fingerprint density at radius 2 is 1.52 bits per heavy atom. The highest BCUT2D eigenvalue weighted by atomic mass is 16.6.